The lowest BCUT2D eigenvalue weighted by Crippen LogP contribution is -2.48. The number of para-hydroxylation sites is 2. The van der Waals surface area contributed by atoms with E-state index in [9.17, 15) is 0 Å². The van der Waals surface area contributed by atoms with Crippen LogP contribution < -0.4 is 15.4 Å². The molecule has 0 aliphatic carbocycles. The van der Waals surface area contributed by atoms with Gasteiger partial charge in [-0.15, -0.1) is 10.5 Å². The Hall–Kier alpha value is -3.38. The van der Waals surface area contributed by atoms with Gasteiger partial charge in [0.05, 0.1) is 15.9 Å². The predicted octanol–water partition coefficient (Wildman–Crippen LogP) is 4.46. The number of aromatic nitrogens is 1. The highest BCUT2D eigenvalue weighted by Crippen LogP contribution is 2.30. The molecule has 1 aliphatic rings. The third kappa shape index (κ3) is 3.11. The van der Waals surface area contributed by atoms with Gasteiger partial charge in [0.25, 0.3) is 0 Å². The van der Waals surface area contributed by atoms with E-state index in [0.717, 1.165) is 26.6 Å². The summed E-state index contributed by atoms with van der Waals surface area (Å²) in [5, 5.41) is 9.52. The minimum absolute atomic E-state index is 0.514. The highest BCUT2D eigenvalue weighted by atomic mass is 32.1. The number of hydrogen-bond acceptors (Lipinski definition) is 5. The van der Waals surface area contributed by atoms with Gasteiger partial charge in [-0.2, -0.15) is 0 Å². The largest absolute Gasteiger partial charge is 0.242 e. The number of rotatable bonds is 3. The average molecular weight is 370 g/mol. The van der Waals surface area contributed by atoms with E-state index >= 15 is 0 Å². The molecule has 131 valence electrons. The van der Waals surface area contributed by atoms with Gasteiger partial charge in [0.2, 0.25) is 5.13 Å². The van der Waals surface area contributed by atoms with Gasteiger partial charge in [-0.25, -0.2) is 15.0 Å². The van der Waals surface area contributed by atoms with Gasteiger partial charge in [-0.1, -0.05) is 72.0 Å². The van der Waals surface area contributed by atoms with E-state index in [0.29, 0.717) is 12.5 Å². The van der Waals surface area contributed by atoms with Crippen molar-refractivity contribution in [3.05, 3.63) is 90.5 Å². The summed E-state index contributed by atoms with van der Waals surface area (Å²) in [5.74, 6) is 0.671. The summed E-state index contributed by atoms with van der Waals surface area (Å²) < 4.78 is 1.15. The maximum Gasteiger partial charge on any atom is 0.209 e. The topological polar surface area (TPSA) is 45.8 Å². The van der Waals surface area contributed by atoms with Crippen molar-refractivity contribution in [2.45, 2.75) is 0 Å². The summed E-state index contributed by atoms with van der Waals surface area (Å²) in [6, 6.07) is 28.3. The van der Waals surface area contributed by atoms with Crippen LogP contribution in [0, 0.1) is 0 Å². The number of benzene rings is 3. The van der Waals surface area contributed by atoms with Crippen LogP contribution in [0.1, 0.15) is 5.56 Å². The van der Waals surface area contributed by atoms with E-state index in [1.165, 1.54) is 0 Å². The van der Waals surface area contributed by atoms with Crippen LogP contribution in [0.3, 0.4) is 0 Å². The first-order chi connectivity index (χ1) is 13.4. The lowest BCUT2D eigenvalue weighted by Gasteiger charge is -2.32. The smallest absolute Gasteiger partial charge is 0.209 e. The maximum absolute atomic E-state index is 4.78. The molecule has 0 bridgehead atoms. The van der Waals surface area contributed by atoms with Gasteiger partial charge in [0, 0.05) is 5.56 Å². The molecule has 0 saturated carbocycles. The fourth-order valence-corrected chi connectivity index (χ4v) is 3.86. The Morgan fingerprint density at radius 3 is 2.22 bits per heavy atom. The fourth-order valence-electron chi connectivity index (χ4n) is 2.95. The summed E-state index contributed by atoms with van der Waals surface area (Å²) in [6.07, 6.45) is 0. The molecule has 0 N–H and O–H groups in total. The fraction of sp³-hybridized carbons (Fsp3) is 0.0476. The monoisotopic (exact) mass is 370 g/mol. The van der Waals surface area contributed by atoms with Crippen molar-refractivity contribution in [2.75, 3.05) is 16.7 Å². The molecule has 0 saturated heterocycles. The molecule has 27 heavy (non-hydrogen) atoms. The van der Waals surface area contributed by atoms with E-state index in [2.05, 4.69) is 6.07 Å². The van der Waals surface area contributed by atoms with E-state index < -0.39 is 0 Å². The minimum Gasteiger partial charge on any atom is -0.242 e. The summed E-state index contributed by atoms with van der Waals surface area (Å²) in [7, 11) is 0. The third-order valence-corrected chi connectivity index (χ3v) is 5.34. The first-order valence-corrected chi connectivity index (χ1v) is 9.50. The van der Waals surface area contributed by atoms with Crippen molar-refractivity contribution in [1.29, 1.82) is 0 Å². The summed E-state index contributed by atoms with van der Waals surface area (Å²) in [4.78, 5) is 4.76. The quantitative estimate of drug-likeness (QED) is 0.535. The van der Waals surface area contributed by atoms with Crippen LogP contribution in [0.2, 0.25) is 0 Å². The zero-order valence-corrected chi connectivity index (χ0v) is 15.3. The van der Waals surface area contributed by atoms with Gasteiger partial charge in [0.1, 0.15) is 6.67 Å². The standard InChI is InChI=1S/C21H16N5S/c1-3-9-16(10-4-1)20-23-25(17-11-5-2-6-12-17)15-26(24-20)21-22-18-13-7-8-14-19(18)27-21/h1-14H,15H2. The number of thiazole rings is 1. The molecule has 0 spiro atoms. The molecule has 6 heteroatoms. The predicted molar refractivity (Wildman–Crippen MR) is 111 cm³/mol. The van der Waals surface area contributed by atoms with Crippen LogP contribution in [0.4, 0.5) is 10.8 Å². The second-order valence-electron chi connectivity index (χ2n) is 6.13. The Bertz CT molecular complexity index is 1060. The first kappa shape index (κ1) is 15.8. The van der Waals surface area contributed by atoms with Crippen LogP contribution >= 0.6 is 11.3 Å². The Labute approximate surface area is 161 Å². The van der Waals surface area contributed by atoms with Crippen LogP contribution in [0.15, 0.2) is 90.0 Å². The van der Waals surface area contributed by atoms with Crippen molar-refractivity contribution >= 4 is 38.2 Å². The molecule has 0 amide bonds. The zero-order valence-electron chi connectivity index (χ0n) is 14.4. The second kappa shape index (κ2) is 6.74. The molecule has 4 aromatic rings. The Morgan fingerprint density at radius 1 is 0.741 bits per heavy atom. The average Bonchev–Trinajstić information content (AvgIpc) is 3.19. The number of nitrogens with zero attached hydrogens (tertiary/aromatic N) is 5. The second-order valence-corrected chi connectivity index (χ2v) is 7.14. The number of fused-ring (bicyclic) bond motifs is 1. The molecule has 0 unspecified atom stereocenters. The number of amidine groups is 1. The van der Waals surface area contributed by atoms with E-state index in [-0.39, 0.29) is 0 Å². The van der Waals surface area contributed by atoms with Gasteiger partial charge < -0.3 is 0 Å². The van der Waals surface area contributed by atoms with Crippen molar-refractivity contribution in [2.24, 2.45) is 5.10 Å². The van der Waals surface area contributed by atoms with Gasteiger partial charge >= 0.3 is 0 Å². The Kier molecular flexibility index (Phi) is 3.95. The first-order valence-electron chi connectivity index (χ1n) is 8.68. The maximum atomic E-state index is 4.78. The van der Waals surface area contributed by atoms with E-state index in [1.807, 2.05) is 88.9 Å². The van der Waals surface area contributed by atoms with Crippen molar-refractivity contribution in [3.8, 4) is 0 Å². The lowest BCUT2D eigenvalue weighted by atomic mass is 10.2. The number of anilines is 2. The van der Waals surface area contributed by atoms with E-state index in [4.69, 9.17) is 15.5 Å². The number of hydrogen-bond donors (Lipinski definition) is 0. The molecule has 0 fully saturated rings. The molecular formula is C21H16N5S. The highest BCUT2D eigenvalue weighted by molar-refractivity contribution is 7.22. The summed E-state index contributed by atoms with van der Waals surface area (Å²) >= 11 is 1.64. The molecule has 1 aliphatic heterocycles. The third-order valence-electron chi connectivity index (χ3n) is 4.29. The minimum atomic E-state index is 0.514. The molecule has 5 rings (SSSR count). The molecule has 5 nitrogen and oxygen atoms in total. The molecular weight excluding hydrogens is 354 g/mol. The van der Waals surface area contributed by atoms with Crippen LogP contribution in [0.5, 0.6) is 0 Å². The van der Waals surface area contributed by atoms with Crippen molar-refractivity contribution < 1.29 is 0 Å². The lowest BCUT2D eigenvalue weighted by molar-refractivity contribution is 0.669. The van der Waals surface area contributed by atoms with E-state index in [1.54, 1.807) is 11.3 Å². The van der Waals surface area contributed by atoms with Crippen molar-refractivity contribution in [3.63, 3.8) is 0 Å². The van der Waals surface area contributed by atoms with Gasteiger partial charge in [-0.05, 0) is 24.3 Å². The Morgan fingerprint density at radius 2 is 1.44 bits per heavy atom. The van der Waals surface area contributed by atoms with Crippen LogP contribution in [0.25, 0.3) is 10.2 Å². The normalized spacial score (nSPS) is 14.1. The number of hydrazone groups is 1. The van der Waals surface area contributed by atoms with Gasteiger partial charge in [0.15, 0.2) is 5.84 Å². The summed E-state index contributed by atoms with van der Waals surface area (Å²) in [5.41, 5.74) is 7.77. The molecule has 1 aromatic heterocycles. The zero-order chi connectivity index (χ0) is 18.1. The van der Waals surface area contributed by atoms with Crippen LogP contribution in [-0.2, 0) is 0 Å². The summed E-state index contributed by atoms with van der Waals surface area (Å²) in [6.45, 7) is 0.514. The van der Waals surface area contributed by atoms with Crippen molar-refractivity contribution in [1.82, 2.24) is 10.4 Å². The molecule has 2 heterocycles. The Balaban J connectivity index is 1.56. The SMILES string of the molecule is c1ccc(C2=NN(c3ccccc3)CN(c3nc4ccccc4s3)[N]2)cc1. The molecule has 1 radical (unpaired) electrons. The van der Waals surface area contributed by atoms with Gasteiger partial charge in [-0.3, -0.25) is 0 Å². The van der Waals surface area contributed by atoms with Crippen LogP contribution in [-0.4, -0.2) is 17.5 Å². The molecule has 0 atom stereocenters. The molecule has 3 aromatic carbocycles. The highest BCUT2D eigenvalue weighted by Gasteiger charge is 2.25.